The minimum Gasteiger partial charge on any atom is -0.395 e. The summed E-state index contributed by atoms with van der Waals surface area (Å²) in [4.78, 5) is 6.28. The van der Waals surface area contributed by atoms with Crippen LogP contribution in [-0.2, 0) is 6.42 Å². The summed E-state index contributed by atoms with van der Waals surface area (Å²) in [5.74, 6) is 0. The predicted molar refractivity (Wildman–Crippen MR) is 118 cm³/mol. The minimum absolute atomic E-state index is 0.0505. The highest BCUT2D eigenvalue weighted by atomic mass is 35.5. The first-order valence-electron chi connectivity index (χ1n) is 10.0. The van der Waals surface area contributed by atoms with Gasteiger partial charge in [0, 0.05) is 12.2 Å². The quantitative estimate of drug-likeness (QED) is 0.485. The van der Waals surface area contributed by atoms with Crippen molar-refractivity contribution in [2.45, 2.75) is 38.1 Å². The van der Waals surface area contributed by atoms with Gasteiger partial charge in [-0.05, 0) is 76.0 Å². The van der Waals surface area contributed by atoms with Crippen LogP contribution in [0.2, 0.25) is 5.15 Å². The molecule has 1 saturated heterocycles. The van der Waals surface area contributed by atoms with Crippen molar-refractivity contribution in [3.63, 3.8) is 0 Å². The third-order valence-electron chi connectivity index (χ3n) is 4.33. The van der Waals surface area contributed by atoms with Crippen LogP contribution in [0.15, 0.2) is 54.7 Å². The Labute approximate surface area is 174 Å². The van der Waals surface area contributed by atoms with E-state index in [-0.39, 0.29) is 12.6 Å². The third-order valence-corrected chi connectivity index (χ3v) is 4.55. The molecule has 1 aliphatic heterocycles. The average molecular weight is 407 g/mol. The number of hydrogen-bond acceptors (Lipinski definition) is 5. The molecule has 156 valence electrons. The molecule has 0 bridgehead atoms. The lowest BCUT2D eigenvalue weighted by atomic mass is 10.1. The van der Waals surface area contributed by atoms with Crippen LogP contribution in [0, 0.1) is 0 Å². The Bertz CT molecular complexity index is 580. The molecule has 1 fully saturated rings. The van der Waals surface area contributed by atoms with Gasteiger partial charge >= 0.3 is 0 Å². The molecule has 0 unspecified atom stereocenters. The van der Waals surface area contributed by atoms with Gasteiger partial charge in [0.1, 0.15) is 5.15 Å². The van der Waals surface area contributed by atoms with Crippen LogP contribution in [0.5, 0.6) is 0 Å². The van der Waals surface area contributed by atoms with Gasteiger partial charge in [-0.15, -0.1) is 0 Å². The standard InChI is InChI=1S/C9H13NO.C8H18N2.C5H4ClN/c10-9(7-11)6-8-4-2-1-3-5-8;9-5-1-2-6-10-7-3-4-8-10;6-5-3-1-2-4-7-5/h1-5,9,11H,6-7,10H2;1-9H2;1-4H/t9-;;/m1../s1. The zero-order valence-electron chi connectivity index (χ0n) is 16.7. The van der Waals surface area contributed by atoms with E-state index in [2.05, 4.69) is 9.88 Å². The van der Waals surface area contributed by atoms with Gasteiger partial charge in [0.25, 0.3) is 0 Å². The Hall–Kier alpha value is -1.50. The van der Waals surface area contributed by atoms with E-state index in [1.54, 1.807) is 12.3 Å². The molecule has 2 heterocycles. The molecule has 0 saturated carbocycles. The summed E-state index contributed by atoms with van der Waals surface area (Å²) in [5.41, 5.74) is 12.1. The first kappa shape index (κ1) is 24.5. The Morgan fingerprint density at radius 2 is 1.71 bits per heavy atom. The summed E-state index contributed by atoms with van der Waals surface area (Å²) in [6.07, 6.45) is 7.69. The maximum Gasteiger partial charge on any atom is 0.129 e. The van der Waals surface area contributed by atoms with E-state index < -0.39 is 0 Å². The lowest BCUT2D eigenvalue weighted by Crippen LogP contribution is -2.26. The molecule has 6 heteroatoms. The van der Waals surface area contributed by atoms with Crippen molar-refractivity contribution in [2.75, 3.05) is 32.8 Å². The van der Waals surface area contributed by atoms with Crippen LogP contribution in [0.3, 0.4) is 0 Å². The molecular weight excluding hydrogens is 372 g/mol. The molecule has 28 heavy (non-hydrogen) atoms. The summed E-state index contributed by atoms with van der Waals surface area (Å²) in [7, 11) is 0. The highest BCUT2D eigenvalue weighted by molar-refractivity contribution is 6.29. The number of aliphatic hydroxyl groups excluding tert-OH is 1. The number of rotatable bonds is 7. The van der Waals surface area contributed by atoms with Crippen LogP contribution in [0.1, 0.15) is 31.2 Å². The number of aliphatic hydroxyl groups is 1. The second-order valence-corrected chi connectivity index (χ2v) is 7.22. The molecule has 1 aromatic carbocycles. The van der Waals surface area contributed by atoms with Gasteiger partial charge in [0.15, 0.2) is 0 Å². The average Bonchev–Trinajstić information content (AvgIpc) is 3.24. The lowest BCUT2D eigenvalue weighted by Gasteiger charge is -2.12. The number of halogens is 1. The van der Waals surface area contributed by atoms with E-state index in [0.29, 0.717) is 5.15 Å². The Kier molecular flexibility index (Phi) is 14.4. The molecule has 1 atom stereocenters. The lowest BCUT2D eigenvalue weighted by molar-refractivity contribution is 0.265. The molecular formula is C22H35ClN4O. The molecule has 2 aromatic rings. The summed E-state index contributed by atoms with van der Waals surface area (Å²) in [6, 6.07) is 15.2. The monoisotopic (exact) mass is 406 g/mol. The summed E-state index contributed by atoms with van der Waals surface area (Å²) in [6.45, 7) is 4.83. The van der Waals surface area contributed by atoms with Gasteiger partial charge in [-0.25, -0.2) is 4.98 Å². The van der Waals surface area contributed by atoms with Crippen molar-refractivity contribution >= 4 is 11.6 Å². The fourth-order valence-corrected chi connectivity index (χ4v) is 2.94. The maximum atomic E-state index is 8.67. The van der Waals surface area contributed by atoms with Gasteiger partial charge in [-0.1, -0.05) is 48.0 Å². The van der Waals surface area contributed by atoms with E-state index in [1.165, 1.54) is 50.9 Å². The van der Waals surface area contributed by atoms with Gasteiger partial charge < -0.3 is 21.5 Å². The number of unbranched alkanes of at least 4 members (excludes halogenated alkanes) is 1. The minimum atomic E-state index is -0.127. The molecule has 0 radical (unpaired) electrons. The molecule has 1 aromatic heterocycles. The zero-order valence-corrected chi connectivity index (χ0v) is 17.5. The van der Waals surface area contributed by atoms with Gasteiger partial charge in [0.05, 0.1) is 6.61 Å². The third kappa shape index (κ3) is 12.8. The smallest absolute Gasteiger partial charge is 0.129 e. The van der Waals surface area contributed by atoms with Crippen molar-refractivity contribution in [2.24, 2.45) is 11.5 Å². The predicted octanol–water partition coefficient (Wildman–Crippen LogP) is 3.10. The van der Waals surface area contributed by atoms with E-state index >= 15 is 0 Å². The van der Waals surface area contributed by atoms with Crippen LogP contribution in [-0.4, -0.2) is 53.8 Å². The fraction of sp³-hybridized carbons (Fsp3) is 0.500. The topological polar surface area (TPSA) is 88.4 Å². The van der Waals surface area contributed by atoms with Crippen LogP contribution < -0.4 is 11.5 Å². The molecule has 0 spiro atoms. The molecule has 3 rings (SSSR count). The highest BCUT2D eigenvalue weighted by Gasteiger charge is 2.09. The van der Waals surface area contributed by atoms with Gasteiger partial charge in [-0.3, -0.25) is 0 Å². The van der Waals surface area contributed by atoms with Crippen LogP contribution in [0.4, 0.5) is 0 Å². The SMILES string of the molecule is Clc1ccccn1.NCCCCN1CCCC1.N[C@@H](CO)Cc1ccccc1. The fourth-order valence-electron chi connectivity index (χ4n) is 2.81. The molecule has 0 amide bonds. The Morgan fingerprint density at radius 1 is 1.04 bits per heavy atom. The normalized spacial score (nSPS) is 14.4. The Morgan fingerprint density at radius 3 is 2.21 bits per heavy atom. The highest BCUT2D eigenvalue weighted by Crippen LogP contribution is 2.07. The number of nitrogens with zero attached hydrogens (tertiary/aromatic N) is 2. The van der Waals surface area contributed by atoms with Gasteiger partial charge in [0.2, 0.25) is 0 Å². The van der Waals surface area contributed by atoms with Crippen molar-refractivity contribution in [3.05, 3.63) is 65.4 Å². The second-order valence-electron chi connectivity index (χ2n) is 6.83. The van der Waals surface area contributed by atoms with Crippen molar-refractivity contribution in [1.82, 2.24) is 9.88 Å². The zero-order chi connectivity index (χ0) is 20.5. The largest absolute Gasteiger partial charge is 0.395 e. The van der Waals surface area contributed by atoms with Crippen molar-refractivity contribution in [1.29, 1.82) is 0 Å². The number of pyridine rings is 1. The van der Waals surface area contributed by atoms with Crippen molar-refractivity contribution < 1.29 is 5.11 Å². The maximum absolute atomic E-state index is 8.67. The summed E-state index contributed by atoms with van der Waals surface area (Å²) >= 11 is 5.43. The number of aromatic nitrogens is 1. The number of likely N-dealkylation sites (tertiary alicyclic amines) is 1. The first-order valence-corrected chi connectivity index (χ1v) is 10.4. The van der Waals surface area contributed by atoms with E-state index in [4.69, 9.17) is 28.2 Å². The van der Waals surface area contributed by atoms with Crippen molar-refractivity contribution in [3.8, 4) is 0 Å². The van der Waals surface area contributed by atoms with Gasteiger partial charge in [-0.2, -0.15) is 0 Å². The number of hydrogen-bond donors (Lipinski definition) is 3. The Balaban J connectivity index is 0.000000215. The first-order chi connectivity index (χ1) is 13.7. The molecule has 1 aliphatic rings. The number of nitrogens with two attached hydrogens (primary N) is 2. The summed E-state index contributed by atoms with van der Waals surface area (Å²) in [5, 5.41) is 9.22. The van der Waals surface area contributed by atoms with Crippen LogP contribution >= 0.6 is 11.6 Å². The van der Waals surface area contributed by atoms with Crippen LogP contribution in [0.25, 0.3) is 0 Å². The van der Waals surface area contributed by atoms with E-state index in [1.807, 2.05) is 42.5 Å². The molecule has 5 nitrogen and oxygen atoms in total. The number of benzene rings is 1. The second kappa shape index (κ2) is 16.5. The van der Waals surface area contributed by atoms with E-state index in [0.717, 1.165) is 13.0 Å². The molecule has 5 N–H and O–H groups in total. The summed E-state index contributed by atoms with van der Waals surface area (Å²) < 4.78 is 0. The molecule has 0 aliphatic carbocycles. The van der Waals surface area contributed by atoms with E-state index in [9.17, 15) is 0 Å².